The number of amides is 1. The van der Waals surface area contributed by atoms with Crippen molar-refractivity contribution >= 4 is 11.6 Å². The second kappa shape index (κ2) is 7.24. The van der Waals surface area contributed by atoms with E-state index < -0.39 is 0 Å². The Balaban J connectivity index is 1.86. The highest BCUT2D eigenvalue weighted by molar-refractivity contribution is 5.92. The molecule has 2 rings (SSSR count). The molecule has 2 N–H and O–H groups in total. The highest BCUT2D eigenvalue weighted by Crippen LogP contribution is 2.17. The first-order chi connectivity index (χ1) is 9.69. The van der Waals surface area contributed by atoms with Crippen LogP contribution in [0.1, 0.15) is 39.0 Å². The zero-order chi connectivity index (χ0) is 14.4. The highest BCUT2D eigenvalue weighted by Gasteiger charge is 2.15. The Kier molecular flexibility index (Phi) is 5.35. The largest absolute Gasteiger partial charge is 0.324 e. The van der Waals surface area contributed by atoms with Gasteiger partial charge in [0.2, 0.25) is 5.91 Å². The molecule has 0 radical (unpaired) electrons. The molecule has 0 unspecified atom stereocenters. The van der Waals surface area contributed by atoms with Gasteiger partial charge in [-0.2, -0.15) is 0 Å². The number of aryl methyl sites for hydroxylation is 1. The van der Waals surface area contributed by atoms with Crippen molar-refractivity contribution in [3.05, 3.63) is 28.7 Å². The van der Waals surface area contributed by atoms with Gasteiger partial charge >= 0.3 is 0 Å². The molecule has 1 heterocycles. The van der Waals surface area contributed by atoms with Crippen molar-refractivity contribution in [2.75, 3.05) is 11.9 Å². The van der Waals surface area contributed by atoms with Crippen LogP contribution in [0.4, 0.5) is 5.69 Å². The Morgan fingerprint density at radius 2 is 2.10 bits per heavy atom. The second-order valence-electron chi connectivity index (χ2n) is 5.36. The van der Waals surface area contributed by atoms with Crippen LogP contribution in [-0.2, 0) is 11.3 Å². The van der Waals surface area contributed by atoms with Gasteiger partial charge in [-0.1, -0.05) is 19.8 Å². The van der Waals surface area contributed by atoms with Gasteiger partial charge in [0, 0.05) is 24.8 Å². The minimum atomic E-state index is -0.0569. The van der Waals surface area contributed by atoms with E-state index in [0.29, 0.717) is 24.8 Å². The number of pyridine rings is 1. The fourth-order valence-electron chi connectivity index (χ4n) is 2.59. The predicted molar refractivity (Wildman–Crippen MR) is 79.9 cm³/mol. The first kappa shape index (κ1) is 14.8. The van der Waals surface area contributed by atoms with Gasteiger partial charge in [-0.05, 0) is 25.3 Å². The lowest BCUT2D eigenvalue weighted by Crippen LogP contribution is -2.34. The molecule has 20 heavy (non-hydrogen) atoms. The third-order valence-electron chi connectivity index (χ3n) is 3.64. The molecule has 0 atom stereocenters. The van der Waals surface area contributed by atoms with Gasteiger partial charge in [0.05, 0.1) is 12.2 Å². The Morgan fingerprint density at radius 3 is 2.80 bits per heavy atom. The molecular weight excluding hydrogens is 254 g/mol. The van der Waals surface area contributed by atoms with E-state index >= 15 is 0 Å². The number of carbonyl (C=O) groups excluding carboxylic acids is 1. The molecular formula is C15H23N3O2. The lowest BCUT2D eigenvalue weighted by molar-refractivity contribution is -0.115. The predicted octanol–water partition coefficient (Wildman–Crippen LogP) is 1.73. The van der Waals surface area contributed by atoms with Crippen LogP contribution in [0.3, 0.4) is 0 Å². The molecule has 1 aromatic heterocycles. The van der Waals surface area contributed by atoms with E-state index in [1.54, 1.807) is 16.8 Å². The summed E-state index contributed by atoms with van der Waals surface area (Å²) in [5.74, 6) is -0.0569. The monoisotopic (exact) mass is 277 g/mol. The number of nitrogens with zero attached hydrogens (tertiary/aromatic N) is 1. The summed E-state index contributed by atoms with van der Waals surface area (Å²) in [6.07, 6.45) is 7.42. The lowest BCUT2D eigenvalue weighted by atomic mass is 10.2. The van der Waals surface area contributed by atoms with E-state index in [2.05, 4.69) is 10.6 Å². The summed E-state index contributed by atoms with van der Waals surface area (Å²) in [6.45, 7) is 3.02. The minimum absolute atomic E-state index is 0.0334. The SMILES string of the molecule is CCCn1cc(NC(=O)CNC2CCCC2)ccc1=O. The summed E-state index contributed by atoms with van der Waals surface area (Å²) in [6, 6.07) is 3.63. The maximum Gasteiger partial charge on any atom is 0.250 e. The summed E-state index contributed by atoms with van der Waals surface area (Å²) >= 11 is 0. The Morgan fingerprint density at radius 1 is 1.35 bits per heavy atom. The number of aromatic nitrogens is 1. The van der Waals surface area contributed by atoms with Gasteiger partial charge in [0.15, 0.2) is 0 Å². The van der Waals surface area contributed by atoms with Crippen LogP contribution in [0.5, 0.6) is 0 Å². The van der Waals surface area contributed by atoms with E-state index in [0.717, 1.165) is 19.3 Å². The third-order valence-corrected chi connectivity index (χ3v) is 3.64. The van der Waals surface area contributed by atoms with Crippen molar-refractivity contribution in [1.82, 2.24) is 9.88 Å². The molecule has 5 nitrogen and oxygen atoms in total. The third kappa shape index (κ3) is 4.20. The number of anilines is 1. The van der Waals surface area contributed by atoms with Crippen LogP contribution in [0.25, 0.3) is 0 Å². The first-order valence-corrected chi connectivity index (χ1v) is 7.43. The topological polar surface area (TPSA) is 63.1 Å². The summed E-state index contributed by atoms with van der Waals surface area (Å²) < 4.78 is 1.63. The molecule has 1 aromatic rings. The number of rotatable bonds is 6. The van der Waals surface area contributed by atoms with Gasteiger partial charge in [-0.15, -0.1) is 0 Å². The smallest absolute Gasteiger partial charge is 0.250 e. The van der Waals surface area contributed by atoms with Crippen molar-refractivity contribution in [1.29, 1.82) is 0 Å². The van der Waals surface area contributed by atoms with Crippen LogP contribution >= 0.6 is 0 Å². The van der Waals surface area contributed by atoms with Crippen LogP contribution in [0.15, 0.2) is 23.1 Å². The van der Waals surface area contributed by atoms with Gasteiger partial charge in [-0.3, -0.25) is 9.59 Å². The second-order valence-corrected chi connectivity index (χ2v) is 5.36. The molecule has 0 aliphatic heterocycles. The zero-order valence-electron chi connectivity index (χ0n) is 12.0. The molecule has 0 aromatic carbocycles. The molecule has 0 bridgehead atoms. The Hall–Kier alpha value is -1.62. The minimum Gasteiger partial charge on any atom is -0.324 e. The molecule has 1 aliphatic rings. The summed E-state index contributed by atoms with van der Waals surface area (Å²) in [7, 11) is 0. The molecule has 1 saturated carbocycles. The highest BCUT2D eigenvalue weighted by atomic mass is 16.2. The summed E-state index contributed by atoms with van der Waals surface area (Å²) in [5.41, 5.74) is 0.644. The first-order valence-electron chi connectivity index (χ1n) is 7.43. The summed E-state index contributed by atoms with van der Waals surface area (Å²) in [4.78, 5) is 23.4. The molecule has 1 aliphatic carbocycles. The molecule has 5 heteroatoms. The lowest BCUT2D eigenvalue weighted by Gasteiger charge is -2.12. The number of carbonyl (C=O) groups is 1. The van der Waals surface area contributed by atoms with E-state index in [1.807, 2.05) is 6.92 Å². The van der Waals surface area contributed by atoms with Gasteiger partial charge in [0.25, 0.3) is 5.56 Å². The number of nitrogens with one attached hydrogen (secondary N) is 2. The molecule has 110 valence electrons. The molecule has 1 amide bonds. The average Bonchev–Trinajstić information content (AvgIpc) is 2.94. The van der Waals surface area contributed by atoms with Crippen LogP contribution < -0.4 is 16.2 Å². The van der Waals surface area contributed by atoms with Crippen molar-refractivity contribution < 1.29 is 4.79 Å². The van der Waals surface area contributed by atoms with Crippen molar-refractivity contribution in [2.24, 2.45) is 0 Å². The van der Waals surface area contributed by atoms with Gasteiger partial charge in [0.1, 0.15) is 0 Å². The fraction of sp³-hybridized carbons (Fsp3) is 0.600. The van der Waals surface area contributed by atoms with Gasteiger partial charge in [-0.25, -0.2) is 0 Å². The Bertz CT molecular complexity index is 504. The van der Waals surface area contributed by atoms with E-state index in [1.165, 1.54) is 18.9 Å². The molecule has 0 spiro atoms. The van der Waals surface area contributed by atoms with Crippen LogP contribution in [0.2, 0.25) is 0 Å². The Labute approximate surface area is 119 Å². The van der Waals surface area contributed by atoms with Crippen molar-refractivity contribution in [3.8, 4) is 0 Å². The maximum atomic E-state index is 11.9. The van der Waals surface area contributed by atoms with Crippen LogP contribution in [0, 0.1) is 0 Å². The van der Waals surface area contributed by atoms with E-state index in [-0.39, 0.29) is 11.5 Å². The summed E-state index contributed by atoms with van der Waals surface area (Å²) in [5, 5.41) is 6.10. The van der Waals surface area contributed by atoms with Crippen molar-refractivity contribution in [3.63, 3.8) is 0 Å². The van der Waals surface area contributed by atoms with Crippen LogP contribution in [-0.4, -0.2) is 23.1 Å². The standard InChI is InChI=1S/C15H23N3O2/c1-2-9-18-11-13(7-8-15(18)20)17-14(19)10-16-12-5-3-4-6-12/h7-8,11-12,16H,2-6,9-10H2,1H3,(H,17,19). The number of hydrogen-bond acceptors (Lipinski definition) is 3. The van der Waals surface area contributed by atoms with E-state index in [4.69, 9.17) is 0 Å². The van der Waals surface area contributed by atoms with Gasteiger partial charge < -0.3 is 15.2 Å². The average molecular weight is 277 g/mol. The van der Waals surface area contributed by atoms with Crippen molar-refractivity contribution in [2.45, 2.75) is 51.6 Å². The quantitative estimate of drug-likeness (QED) is 0.832. The normalized spacial score (nSPS) is 15.4. The molecule has 1 fully saturated rings. The molecule has 0 saturated heterocycles. The fourth-order valence-corrected chi connectivity index (χ4v) is 2.59. The number of hydrogen-bond donors (Lipinski definition) is 2. The maximum absolute atomic E-state index is 11.9. The zero-order valence-corrected chi connectivity index (χ0v) is 12.0. The van der Waals surface area contributed by atoms with E-state index in [9.17, 15) is 9.59 Å².